The van der Waals surface area contributed by atoms with Gasteiger partial charge in [-0.3, -0.25) is 9.88 Å². The zero-order valence-corrected chi connectivity index (χ0v) is 11.7. The Morgan fingerprint density at radius 3 is 2.68 bits per heavy atom. The van der Waals surface area contributed by atoms with Crippen LogP contribution in [0.3, 0.4) is 0 Å². The van der Waals surface area contributed by atoms with Crippen LogP contribution in [0.2, 0.25) is 0 Å². The highest BCUT2D eigenvalue weighted by Gasteiger charge is 2.32. The van der Waals surface area contributed by atoms with E-state index in [1.54, 1.807) is 0 Å². The summed E-state index contributed by atoms with van der Waals surface area (Å²) in [6.07, 6.45) is 6.78. The van der Waals surface area contributed by atoms with Crippen LogP contribution in [0.25, 0.3) is 0 Å². The SMILES string of the molecule is CC(N)C(c1ccccn1)N(CCO)C1CCCC1. The smallest absolute Gasteiger partial charge is 0.0674 e. The molecule has 19 heavy (non-hydrogen) atoms. The van der Waals surface area contributed by atoms with E-state index in [2.05, 4.69) is 9.88 Å². The molecule has 0 saturated heterocycles. The zero-order chi connectivity index (χ0) is 13.7. The summed E-state index contributed by atoms with van der Waals surface area (Å²) >= 11 is 0. The van der Waals surface area contributed by atoms with Crippen LogP contribution in [0.4, 0.5) is 0 Å². The van der Waals surface area contributed by atoms with Gasteiger partial charge in [-0.1, -0.05) is 18.9 Å². The molecule has 0 aromatic carbocycles. The van der Waals surface area contributed by atoms with Gasteiger partial charge in [0.2, 0.25) is 0 Å². The van der Waals surface area contributed by atoms with E-state index < -0.39 is 0 Å². The molecule has 0 spiro atoms. The summed E-state index contributed by atoms with van der Waals surface area (Å²) in [5.41, 5.74) is 7.22. The van der Waals surface area contributed by atoms with Crippen molar-refractivity contribution in [1.82, 2.24) is 9.88 Å². The second-order valence-electron chi connectivity index (χ2n) is 5.46. The van der Waals surface area contributed by atoms with Gasteiger partial charge in [0.05, 0.1) is 18.3 Å². The Hall–Kier alpha value is -0.970. The van der Waals surface area contributed by atoms with Crippen molar-refractivity contribution in [1.29, 1.82) is 0 Å². The quantitative estimate of drug-likeness (QED) is 0.820. The molecule has 2 rings (SSSR count). The molecule has 3 N–H and O–H groups in total. The Kier molecular flexibility index (Phi) is 5.31. The molecule has 0 radical (unpaired) electrons. The van der Waals surface area contributed by atoms with E-state index in [1.807, 2.05) is 31.3 Å². The highest BCUT2D eigenvalue weighted by Crippen LogP contribution is 2.31. The minimum Gasteiger partial charge on any atom is -0.395 e. The lowest BCUT2D eigenvalue weighted by Gasteiger charge is -2.37. The first-order valence-corrected chi connectivity index (χ1v) is 7.27. The van der Waals surface area contributed by atoms with E-state index in [1.165, 1.54) is 25.7 Å². The van der Waals surface area contributed by atoms with E-state index in [4.69, 9.17) is 5.73 Å². The second kappa shape index (κ2) is 6.98. The van der Waals surface area contributed by atoms with Crippen LogP contribution in [0.1, 0.15) is 44.3 Å². The maximum Gasteiger partial charge on any atom is 0.0674 e. The van der Waals surface area contributed by atoms with E-state index in [0.717, 1.165) is 5.69 Å². The predicted octanol–water partition coefficient (Wildman–Crippen LogP) is 1.71. The molecule has 2 atom stereocenters. The number of aliphatic hydroxyl groups excluding tert-OH is 1. The van der Waals surface area contributed by atoms with Gasteiger partial charge in [-0.2, -0.15) is 0 Å². The Balaban J connectivity index is 2.23. The second-order valence-corrected chi connectivity index (χ2v) is 5.46. The summed E-state index contributed by atoms with van der Waals surface area (Å²) in [5, 5.41) is 9.37. The van der Waals surface area contributed by atoms with Gasteiger partial charge >= 0.3 is 0 Å². The van der Waals surface area contributed by atoms with Crippen LogP contribution >= 0.6 is 0 Å². The van der Waals surface area contributed by atoms with Gasteiger partial charge in [0.15, 0.2) is 0 Å². The molecular weight excluding hydrogens is 238 g/mol. The van der Waals surface area contributed by atoms with Crippen LogP contribution in [0, 0.1) is 0 Å². The van der Waals surface area contributed by atoms with Gasteiger partial charge in [-0.05, 0) is 31.9 Å². The molecule has 4 nitrogen and oxygen atoms in total. The first-order valence-electron chi connectivity index (χ1n) is 7.27. The molecule has 1 saturated carbocycles. The van der Waals surface area contributed by atoms with E-state index >= 15 is 0 Å². The van der Waals surface area contributed by atoms with Crippen LogP contribution < -0.4 is 5.73 Å². The lowest BCUT2D eigenvalue weighted by atomic mass is 10.0. The van der Waals surface area contributed by atoms with Gasteiger partial charge in [-0.25, -0.2) is 0 Å². The van der Waals surface area contributed by atoms with Crippen molar-refractivity contribution in [2.24, 2.45) is 5.73 Å². The molecule has 1 aromatic rings. The first kappa shape index (κ1) is 14.4. The third kappa shape index (κ3) is 3.53. The van der Waals surface area contributed by atoms with E-state index in [0.29, 0.717) is 12.6 Å². The Labute approximate surface area is 115 Å². The topological polar surface area (TPSA) is 62.4 Å². The van der Waals surface area contributed by atoms with Gasteiger partial charge in [0, 0.05) is 24.8 Å². The highest BCUT2D eigenvalue weighted by molar-refractivity contribution is 5.12. The van der Waals surface area contributed by atoms with E-state index in [9.17, 15) is 5.11 Å². The summed E-state index contributed by atoms with van der Waals surface area (Å²) in [7, 11) is 0. The van der Waals surface area contributed by atoms with Gasteiger partial charge in [0.25, 0.3) is 0 Å². The minimum absolute atomic E-state index is 0.00190. The number of nitrogens with two attached hydrogens (primary N) is 1. The third-order valence-electron chi connectivity index (χ3n) is 4.00. The van der Waals surface area contributed by atoms with Crippen LogP contribution in [0.15, 0.2) is 24.4 Å². The van der Waals surface area contributed by atoms with Crippen LogP contribution in [-0.2, 0) is 0 Å². The highest BCUT2D eigenvalue weighted by atomic mass is 16.3. The minimum atomic E-state index is 0.00190. The molecule has 1 heterocycles. The monoisotopic (exact) mass is 263 g/mol. The predicted molar refractivity (Wildman–Crippen MR) is 76.7 cm³/mol. The summed E-state index contributed by atoms with van der Waals surface area (Å²) in [4.78, 5) is 6.83. The largest absolute Gasteiger partial charge is 0.395 e. The number of hydrogen-bond donors (Lipinski definition) is 2. The summed E-state index contributed by atoms with van der Waals surface area (Å²) in [6, 6.07) is 6.59. The standard InChI is InChI=1S/C15H25N3O/c1-12(16)15(14-8-4-5-9-17-14)18(10-11-19)13-6-2-3-7-13/h4-5,8-9,12-13,15,19H,2-3,6-7,10-11,16H2,1H3. The van der Waals surface area contributed by atoms with Crippen LogP contribution in [-0.4, -0.2) is 40.2 Å². The lowest BCUT2D eigenvalue weighted by Crippen LogP contribution is -2.46. The number of rotatable bonds is 6. The van der Waals surface area contributed by atoms with Crippen molar-refractivity contribution in [2.45, 2.75) is 50.7 Å². The molecule has 0 amide bonds. The molecule has 2 unspecified atom stereocenters. The fourth-order valence-corrected chi connectivity index (χ4v) is 3.19. The molecule has 106 valence electrons. The number of aliphatic hydroxyl groups is 1. The molecule has 1 aliphatic carbocycles. The average molecular weight is 263 g/mol. The number of hydrogen-bond acceptors (Lipinski definition) is 4. The van der Waals surface area contributed by atoms with Crippen molar-refractivity contribution >= 4 is 0 Å². The first-order chi connectivity index (χ1) is 9.24. The lowest BCUT2D eigenvalue weighted by molar-refractivity contribution is 0.0900. The molecular formula is C15H25N3O. The van der Waals surface area contributed by atoms with Gasteiger partial charge < -0.3 is 10.8 Å². The Morgan fingerprint density at radius 2 is 2.16 bits per heavy atom. The number of nitrogens with zero attached hydrogens (tertiary/aromatic N) is 2. The number of pyridine rings is 1. The molecule has 1 aliphatic rings. The fourth-order valence-electron chi connectivity index (χ4n) is 3.19. The molecule has 0 aliphatic heterocycles. The maximum atomic E-state index is 9.37. The normalized spacial score (nSPS) is 19.8. The van der Waals surface area contributed by atoms with Gasteiger partial charge in [-0.15, -0.1) is 0 Å². The zero-order valence-electron chi connectivity index (χ0n) is 11.7. The summed E-state index contributed by atoms with van der Waals surface area (Å²) < 4.78 is 0. The third-order valence-corrected chi connectivity index (χ3v) is 4.00. The van der Waals surface area contributed by atoms with Crippen molar-refractivity contribution in [2.75, 3.05) is 13.2 Å². The van der Waals surface area contributed by atoms with Gasteiger partial charge in [0.1, 0.15) is 0 Å². The summed E-state index contributed by atoms with van der Waals surface area (Å²) in [6.45, 7) is 2.87. The average Bonchev–Trinajstić information content (AvgIpc) is 2.93. The molecule has 1 aromatic heterocycles. The molecule has 1 fully saturated rings. The summed E-state index contributed by atoms with van der Waals surface area (Å²) in [5.74, 6) is 0. The molecule has 4 heteroatoms. The van der Waals surface area contributed by atoms with Crippen molar-refractivity contribution in [3.05, 3.63) is 30.1 Å². The maximum absolute atomic E-state index is 9.37. The number of aromatic nitrogens is 1. The van der Waals surface area contributed by atoms with E-state index in [-0.39, 0.29) is 18.7 Å². The van der Waals surface area contributed by atoms with Crippen LogP contribution in [0.5, 0.6) is 0 Å². The fraction of sp³-hybridized carbons (Fsp3) is 0.667. The van der Waals surface area contributed by atoms with Crippen molar-refractivity contribution in [3.63, 3.8) is 0 Å². The Morgan fingerprint density at radius 1 is 1.42 bits per heavy atom. The van der Waals surface area contributed by atoms with Crippen molar-refractivity contribution < 1.29 is 5.11 Å². The van der Waals surface area contributed by atoms with Crippen molar-refractivity contribution in [3.8, 4) is 0 Å². The Bertz CT molecular complexity index is 363. The molecule has 0 bridgehead atoms.